The quantitative estimate of drug-likeness (QED) is 0.478. The zero-order valence-corrected chi connectivity index (χ0v) is 18.8. The molecule has 0 aromatic heterocycles. The van der Waals surface area contributed by atoms with Gasteiger partial charge in [-0.1, -0.05) is 42.5 Å². The number of hydrogen-bond donors (Lipinski definition) is 2. The van der Waals surface area contributed by atoms with Crippen molar-refractivity contribution in [2.24, 2.45) is 0 Å². The number of ketones is 1. The largest absolute Gasteiger partial charge is 0.491 e. The van der Waals surface area contributed by atoms with Crippen molar-refractivity contribution >= 4 is 17.2 Å². The lowest BCUT2D eigenvalue weighted by Crippen LogP contribution is -2.27. The van der Waals surface area contributed by atoms with Crippen molar-refractivity contribution in [1.29, 1.82) is 0 Å². The number of rotatable bonds is 4. The number of carbonyl (C=O) groups excluding carboxylic acids is 1. The highest BCUT2D eigenvalue weighted by Crippen LogP contribution is 2.45. The van der Waals surface area contributed by atoms with Gasteiger partial charge in [-0.3, -0.25) is 4.79 Å². The van der Waals surface area contributed by atoms with E-state index < -0.39 is 0 Å². The molecule has 0 radical (unpaired) electrons. The number of carbonyl (C=O) groups is 1. The minimum absolute atomic E-state index is 0.00239. The van der Waals surface area contributed by atoms with Crippen LogP contribution in [0.15, 0.2) is 84.1 Å². The summed E-state index contributed by atoms with van der Waals surface area (Å²) in [6, 6.07) is 22.0. The lowest BCUT2D eigenvalue weighted by Gasteiger charge is -2.30. The highest BCUT2D eigenvalue weighted by Gasteiger charge is 2.37. The minimum Gasteiger partial charge on any atom is -0.491 e. The van der Waals surface area contributed by atoms with Gasteiger partial charge in [0.2, 0.25) is 0 Å². The third-order valence-corrected chi connectivity index (χ3v) is 6.24. The molecule has 2 N–H and O–H groups in total. The van der Waals surface area contributed by atoms with Crippen molar-refractivity contribution in [2.45, 2.75) is 44.8 Å². The van der Waals surface area contributed by atoms with E-state index in [4.69, 9.17) is 4.74 Å². The van der Waals surface area contributed by atoms with E-state index >= 15 is 0 Å². The predicted octanol–water partition coefficient (Wildman–Crippen LogP) is 6.59. The average Bonchev–Trinajstić information content (AvgIpc) is 2.96. The zero-order valence-electron chi connectivity index (χ0n) is 18.8. The van der Waals surface area contributed by atoms with E-state index in [-0.39, 0.29) is 29.7 Å². The van der Waals surface area contributed by atoms with Gasteiger partial charge in [0.05, 0.1) is 23.5 Å². The number of allylic oxidation sites excluding steroid dienone is 1. The summed E-state index contributed by atoms with van der Waals surface area (Å²) in [7, 11) is 0. The normalized spacial score (nSPS) is 19.8. The standard InChI is InChI=1S/C28H27FN2O2/c1-17(2)33-26-10-6-3-7-21(26)28-27-24(30-22-8-4-5-9-23(22)31-28)15-19(16-25(27)32)18-11-13-20(29)14-12-18/h3-14,17,19,28,30-31H,15-16H2,1-2H3. The van der Waals surface area contributed by atoms with E-state index in [2.05, 4.69) is 10.6 Å². The molecule has 2 aliphatic rings. The summed E-state index contributed by atoms with van der Waals surface area (Å²) in [5.74, 6) is 0.582. The van der Waals surface area contributed by atoms with Crippen molar-refractivity contribution in [3.63, 3.8) is 0 Å². The lowest BCUT2D eigenvalue weighted by molar-refractivity contribution is -0.116. The summed E-state index contributed by atoms with van der Waals surface area (Å²) in [5.41, 5.74) is 5.42. The molecular formula is C28H27FN2O2. The Morgan fingerprint density at radius 2 is 1.61 bits per heavy atom. The minimum atomic E-state index is -0.340. The van der Waals surface area contributed by atoms with Gasteiger partial charge in [0.1, 0.15) is 11.6 Å². The molecule has 0 fully saturated rings. The molecule has 33 heavy (non-hydrogen) atoms. The van der Waals surface area contributed by atoms with Gasteiger partial charge in [-0.2, -0.15) is 0 Å². The summed E-state index contributed by atoms with van der Waals surface area (Å²) in [5, 5.41) is 7.15. The molecule has 168 valence electrons. The van der Waals surface area contributed by atoms with Gasteiger partial charge in [0.25, 0.3) is 0 Å². The Labute approximate surface area is 193 Å². The zero-order chi connectivity index (χ0) is 22.9. The molecule has 1 aliphatic heterocycles. The van der Waals surface area contributed by atoms with E-state index in [1.165, 1.54) is 12.1 Å². The van der Waals surface area contributed by atoms with Gasteiger partial charge in [0, 0.05) is 23.3 Å². The van der Waals surface area contributed by atoms with Gasteiger partial charge in [-0.25, -0.2) is 4.39 Å². The molecule has 0 bridgehead atoms. The van der Waals surface area contributed by atoms with Crippen molar-refractivity contribution in [3.05, 3.63) is 101 Å². The van der Waals surface area contributed by atoms with Crippen LogP contribution < -0.4 is 15.4 Å². The molecule has 3 aromatic carbocycles. The molecular weight excluding hydrogens is 415 g/mol. The smallest absolute Gasteiger partial charge is 0.163 e. The van der Waals surface area contributed by atoms with E-state index in [9.17, 15) is 9.18 Å². The first-order valence-electron chi connectivity index (χ1n) is 11.4. The number of halogens is 1. The molecule has 5 heteroatoms. The molecule has 2 atom stereocenters. The number of para-hydroxylation sites is 3. The molecule has 3 aromatic rings. The van der Waals surface area contributed by atoms with E-state index in [1.807, 2.05) is 62.4 Å². The lowest BCUT2D eigenvalue weighted by atomic mass is 9.78. The molecule has 0 saturated heterocycles. The summed E-state index contributed by atoms with van der Waals surface area (Å²) < 4.78 is 19.6. The maximum absolute atomic E-state index is 13.6. The Bertz CT molecular complexity index is 1220. The molecule has 1 heterocycles. The van der Waals surface area contributed by atoms with Crippen LogP contribution in [0.3, 0.4) is 0 Å². The molecule has 0 saturated carbocycles. The third-order valence-electron chi connectivity index (χ3n) is 6.24. The molecule has 0 amide bonds. The van der Waals surface area contributed by atoms with Crippen LogP contribution in [0.1, 0.15) is 49.8 Å². The van der Waals surface area contributed by atoms with Crippen molar-refractivity contribution in [2.75, 3.05) is 10.6 Å². The Morgan fingerprint density at radius 3 is 2.36 bits per heavy atom. The number of Topliss-reactive ketones (excluding diaryl/α,β-unsaturated/α-hetero) is 1. The van der Waals surface area contributed by atoms with Crippen LogP contribution in [0.25, 0.3) is 0 Å². The molecule has 5 rings (SSSR count). The van der Waals surface area contributed by atoms with Crippen LogP contribution in [0.2, 0.25) is 0 Å². The van der Waals surface area contributed by atoms with E-state index in [0.29, 0.717) is 12.8 Å². The Kier molecular flexibility index (Phi) is 5.63. The maximum atomic E-state index is 13.6. The second-order valence-electron chi connectivity index (χ2n) is 8.92. The van der Waals surface area contributed by atoms with Gasteiger partial charge in [0.15, 0.2) is 5.78 Å². The first-order chi connectivity index (χ1) is 16.0. The van der Waals surface area contributed by atoms with E-state index in [0.717, 1.165) is 39.5 Å². The Balaban J connectivity index is 1.61. The van der Waals surface area contributed by atoms with Gasteiger partial charge in [-0.15, -0.1) is 0 Å². The monoisotopic (exact) mass is 442 g/mol. The van der Waals surface area contributed by atoms with Crippen LogP contribution in [0.5, 0.6) is 5.75 Å². The van der Waals surface area contributed by atoms with Crippen LogP contribution >= 0.6 is 0 Å². The molecule has 4 nitrogen and oxygen atoms in total. The molecule has 1 aliphatic carbocycles. The number of nitrogens with one attached hydrogen (secondary N) is 2. The number of benzene rings is 3. The van der Waals surface area contributed by atoms with E-state index in [1.54, 1.807) is 12.1 Å². The van der Waals surface area contributed by atoms with Crippen LogP contribution in [0, 0.1) is 5.82 Å². The van der Waals surface area contributed by atoms with Gasteiger partial charge in [-0.05, 0) is 62.1 Å². The average molecular weight is 443 g/mol. The van der Waals surface area contributed by atoms with Gasteiger partial charge >= 0.3 is 0 Å². The SMILES string of the molecule is CC(C)Oc1ccccc1C1Nc2ccccc2NC2=C1C(=O)CC(c1ccc(F)cc1)C2. The second-order valence-corrected chi connectivity index (χ2v) is 8.92. The first kappa shape index (κ1) is 21.3. The van der Waals surface area contributed by atoms with Crippen molar-refractivity contribution in [1.82, 2.24) is 0 Å². The highest BCUT2D eigenvalue weighted by molar-refractivity contribution is 6.01. The van der Waals surface area contributed by atoms with Crippen molar-refractivity contribution < 1.29 is 13.9 Å². The number of anilines is 2. The number of ether oxygens (including phenoxy) is 1. The van der Waals surface area contributed by atoms with Gasteiger partial charge < -0.3 is 15.4 Å². The van der Waals surface area contributed by atoms with Crippen LogP contribution in [-0.2, 0) is 4.79 Å². The number of fused-ring (bicyclic) bond motifs is 1. The highest BCUT2D eigenvalue weighted by atomic mass is 19.1. The third kappa shape index (κ3) is 4.23. The Morgan fingerprint density at radius 1 is 0.909 bits per heavy atom. The number of hydrogen-bond acceptors (Lipinski definition) is 4. The molecule has 2 unspecified atom stereocenters. The fraction of sp³-hybridized carbons (Fsp3) is 0.250. The molecule has 0 spiro atoms. The summed E-state index contributed by atoms with van der Waals surface area (Å²) in [6.07, 6.45) is 1.07. The fourth-order valence-corrected chi connectivity index (χ4v) is 4.78. The summed E-state index contributed by atoms with van der Waals surface area (Å²) in [6.45, 7) is 4.00. The summed E-state index contributed by atoms with van der Waals surface area (Å²) >= 11 is 0. The van der Waals surface area contributed by atoms with Crippen LogP contribution in [0.4, 0.5) is 15.8 Å². The first-order valence-corrected chi connectivity index (χ1v) is 11.4. The fourth-order valence-electron chi connectivity index (χ4n) is 4.78. The second kappa shape index (κ2) is 8.74. The Hall–Kier alpha value is -3.60. The van der Waals surface area contributed by atoms with Crippen molar-refractivity contribution in [3.8, 4) is 5.75 Å². The topological polar surface area (TPSA) is 50.4 Å². The van der Waals surface area contributed by atoms with Crippen LogP contribution in [-0.4, -0.2) is 11.9 Å². The maximum Gasteiger partial charge on any atom is 0.163 e. The predicted molar refractivity (Wildman–Crippen MR) is 129 cm³/mol. The summed E-state index contributed by atoms with van der Waals surface area (Å²) in [4.78, 5) is 13.6.